The molecule has 2 N–H and O–H groups in total. The van der Waals surface area contributed by atoms with Gasteiger partial charge in [0.05, 0.1) is 5.52 Å². The van der Waals surface area contributed by atoms with Crippen molar-refractivity contribution in [3.05, 3.63) is 60.6 Å². The summed E-state index contributed by atoms with van der Waals surface area (Å²) >= 11 is 0. The predicted molar refractivity (Wildman–Crippen MR) is 102 cm³/mol. The first-order valence-corrected chi connectivity index (χ1v) is 7.81. The molecule has 2 aromatic heterocycles. The van der Waals surface area contributed by atoms with E-state index >= 15 is 0 Å². The number of fused-ring (bicyclic) bond motifs is 1. The zero-order valence-corrected chi connectivity index (χ0v) is 14.5. The summed E-state index contributed by atoms with van der Waals surface area (Å²) in [4.78, 5) is 8.86. The van der Waals surface area contributed by atoms with E-state index in [0.717, 1.165) is 39.7 Å². The Morgan fingerprint density at radius 3 is 2.40 bits per heavy atom. The minimum Gasteiger partial charge on any atom is -0.399 e. The van der Waals surface area contributed by atoms with Gasteiger partial charge in [0.2, 0.25) is 11.7 Å². The van der Waals surface area contributed by atoms with Gasteiger partial charge >= 0.3 is 0 Å². The molecule has 5 nitrogen and oxygen atoms in total. The van der Waals surface area contributed by atoms with Crippen LogP contribution in [0, 0.1) is 0 Å². The Morgan fingerprint density at radius 2 is 1.68 bits per heavy atom. The highest BCUT2D eigenvalue weighted by Gasteiger charge is 2.09. The van der Waals surface area contributed by atoms with Crippen LogP contribution in [0.5, 0.6) is 0 Å². The summed E-state index contributed by atoms with van der Waals surface area (Å²) in [5.74, 6) is 1.19. The third-order valence-corrected chi connectivity index (χ3v) is 3.95. The van der Waals surface area contributed by atoms with Crippen molar-refractivity contribution >= 4 is 29.0 Å². The summed E-state index contributed by atoms with van der Waals surface area (Å²) in [6, 6.07) is 16.1. The molecule has 0 fully saturated rings. The molecule has 0 aliphatic rings. The summed E-state index contributed by atoms with van der Waals surface area (Å²) in [5, 5.41) is 5.05. The summed E-state index contributed by atoms with van der Waals surface area (Å²) in [6.45, 7) is 1.98. The van der Waals surface area contributed by atoms with E-state index in [1.54, 1.807) is 6.20 Å². The number of aromatic nitrogens is 3. The topological polar surface area (TPSA) is 77.8 Å². The molecule has 4 rings (SSSR count). The lowest BCUT2D eigenvalue weighted by atomic mass is 10.0. The minimum atomic E-state index is 0. The van der Waals surface area contributed by atoms with Crippen LogP contribution in [-0.2, 0) is 6.42 Å². The molecule has 4 aromatic rings. The number of anilines is 1. The Bertz CT molecular complexity index is 1010. The van der Waals surface area contributed by atoms with E-state index in [-0.39, 0.29) is 12.4 Å². The molecule has 0 saturated carbocycles. The van der Waals surface area contributed by atoms with Gasteiger partial charge in [-0.1, -0.05) is 30.3 Å². The zero-order valence-electron chi connectivity index (χ0n) is 13.6. The molecule has 0 unspecified atom stereocenters. The molecule has 126 valence electrons. The SMILES string of the molecule is CCc1nc(-c2cnc3ccc(-c4ccc(N)cc4)cc3c2)no1.Cl. The fourth-order valence-corrected chi connectivity index (χ4v) is 2.62. The van der Waals surface area contributed by atoms with Gasteiger partial charge in [-0.05, 0) is 41.5 Å². The van der Waals surface area contributed by atoms with E-state index in [1.165, 1.54) is 0 Å². The van der Waals surface area contributed by atoms with E-state index in [2.05, 4.69) is 27.3 Å². The lowest BCUT2D eigenvalue weighted by Crippen LogP contribution is -1.87. The van der Waals surface area contributed by atoms with Gasteiger partial charge in [0.15, 0.2) is 0 Å². The molecule has 0 spiro atoms. The second kappa shape index (κ2) is 6.91. The number of halogens is 1. The highest BCUT2D eigenvalue weighted by Crippen LogP contribution is 2.26. The van der Waals surface area contributed by atoms with Gasteiger partial charge < -0.3 is 10.3 Å². The van der Waals surface area contributed by atoms with Crippen LogP contribution in [0.25, 0.3) is 33.4 Å². The van der Waals surface area contributed by atoms with Crippen molar-refractivity contribution in [2.75, 3.05) is 5.73 Å². The summed E-state index contributed by atoms with van der Waals surface area (Å²) < 4.78 is 5.18. The molecule has 2 heterocycles. The molecule has 0 aliphatic carbocycles. The monoisotopic (exact) mass is 352 g/mol. The average Bonchev–Trinajstić information content (AvgIpc) is 3.11. The fourth-order valence-electron chi connectivity index (χ4n) is 2.62. The van der Waals surface area contributed by atoms with E-state index in [4.69, 9.17) is 10.3 Å². The van der Waals surface area contributed by atoms with Gasteiger partial charge in [-0.25, -0.2) is 0 Å². The Morgan fingerprint density at radius 1 is 0.960 bits per heavy atom. The van der Waals surface area contributed by atoms with Crippen molar-refractivity contribution in [2.45, 2.75) is 13.3 Å². The third-order valence-electron chi connectivity index (χ3n) is 3.95. The van der Waals surface area contributed by atoms with Crippen molar-refractivity contribution in [3.8, 4) is 22.5 Å². The van der Waals surface area contributed by atoms with Crippen LogP contribution in [0.2, 0.25) is 0 Å². The largest absolute Gasteiger partial charge is 0.399 e. The summed E-state index contributed by atoms with van der Waals surface area (Å²) in [7, 11) is 0. The fraction of sp³-hybridized carbons (Fsp3) is 0.105. The smallest absolute Gasteiger partial charge is 0.226 e. The molecular weight excluding hydrogens is 336 g/mol. The number of nitrogens with zero attached hydrogens (tertiary/aromatic N) is 3. The number of hydrogen-bond acceptors (Lipinski definition) is 5. The van der Waals surface area contributed by atoms with Gasteiger partial charge in [-0.15, -0.1) is 12.4 Å². The van der Waals surface area contributed by atoms with Gasteiger partial charge in [0, 0.05) is 29.3 Å². The lowest BCUT2D eigenvalue weighted by Gasteiger charge is -2.05. The Balaban J connectivity index is 0.00000182. The maximum absolute atomic E-state index is 5.76. The molecule has 25 heavy (non-hydrogen) atoms. The number of rotatable bonds is 3. The van der Waals surface area contributed by atoms with Gasteiger partial charge in [0.1, 0.15) is 0 Å². The first-order valence-electron chi connectivity index (χ1n) is 7.81. The van der Waals surface area contributed by atoms with Crippen LogP contribution in [0.3, 0.4) is 0 Å². The van der Waals surface area contributed by atoms with Crippen LogP contribution in [0.1, 0.15) is 12.8 Å². The zero-order chi connectivity index (χ0) is 16.5. The third kappa shape index (κ3) is 3.32. The van der Waals surface area contributed by atoms with Crippen molar-refractivity contribution in [1.82, 2.24) is 15.1 Å². The quantitative estimate of drug-likeness (QED) is 0.548. The number of nitrogen functional groups attached to an aromatic ring is 1. The number of hydrogen-bond donors (Lipinski definition) is 1. The standard InChI is InChI=1S/C19H16N4O.ClH/c1-2-18-22-19(23-24-18)15-10-14-9-13(5-8-17(14)21-11-15)12-3-6-16(20)7-4-12;/h3-11H,2,20H2,1H3;1H. The normalized spacial score (nSPS) is 10.6. The summed E-state index contributed by atoms with van der Waals surface area (Å²) in [5.41, 5.74) is 10.5. The molecule has 0 amide bonds. The molecule has 0 atom stereocenters. The second-order valence-corrected chi connectivity index (χ2v) is 5.62. The van der Waals surface area contributed by atoms with Crippen molar-refractivity contribution < 1.29 is 4.52 Å². The molecule has 0 aliphatic heterocycles. The van der Waals surface area contributed by atoms with Crippen molar-refractivity contribution in [2.24, 2.45) is 0 Å². The van der Waals surface area contributed by atoms with E-state index in [0.29, 0.717) is 11.7 Å². The molecule has 6 heteroatoms. The van der Waals surface area contributed by atoms with E-state index in [9.17, 15) is 0 Å². The van der Waals surface area contributed by atoms with E-state index < -0.39 is 0 Å². The average molecular weight is 353 g/mol. The molecule has 0 radical (unpaired) electrons. The lowest BCUT2D eigenvalue weighted by molar-refractivity contribution is 0.383. The highest BCUT2D eigenvalue weighted by molar-refractivity contribution is 5.87. The first-order chi connectivity index (χ1) is 11.7. The minimum absolute atomic E-state index is 0. The number of aryl methyl sites for hydroxylation is 1. The number of pyridine rings is 1. The van der Waals surface area contributed by atoms with Gasteiger partial charge in [-0.3, -0.25) is 4.98 Å². The van der Waals surface area contributed by atoms with Gasteiger partial charge in [0.25, 0.3) is 0 Å². The Hall–Kier alpha value is -2.92. The van der Waals surface area contributed by atoms with Crippen LogP contribution in [0.4, 0.5) is 5.69 Å². The predicted octanol–water partition coefficient (Wildman–Crippen LogP) is 4.52. The maximum Gasteiger partial charge on any atom is 0.226 e. The molecule has 2 aromatic carbocycles. The van der Waals surface area contributed by atoms with Crippen LogP contribution in [0.15, 0.2) is 59.3 Å². The van der Waals surface area contributed by atoms with Crippen LogP contribution >= 0.6 is 12.4 Å². The Labute approximate surface area is 151 Å². The van der Waals surface area contributed by atoms with Crippen molar-refractivity contribution in [3.63, 3.8) is 0 Å². The number of benzene rings is 2. The molecule has 0 saturated heterocycles. The Kier molecular flexibility index (Phi) is 4.67. The first kappa shape index (κ1) is 16.9. The number of nitrogens with two attached hydrogens (primary N) is 1. The van der Waals surface area contributed by atoms with Gasteiger partial charge in [-0.2, -0.15) is 4.98 Å². The summed E-state index contributed by atoms with van der Waals surface area (Å²) in [6.07, 6.45) is 2.49. The highest BCUT2D eigenvalue weighted by atomic mass is 35.5. The second-order valence-electron chi connectivity index (χ2n) is 5.62. The van der Waals surface area contributed by atoms with Crippen LogP contribution in [-0.4, -0.2) is 15.1 Å². The van der Waals surface area contributed by atoms with E-state index in [1.807, 2.05) is 43.3 Å². The maximum atomic E-state index is 5.76. The molecular formula is C19H17ClN4O. The van der Waals surface area contributed by atoms with Crippen LogP contribution < -0.4 is 5.73 Å². The molecule has 0 bridgehead atoms. The van der Waals surface area contributed by atoms with Crippen molar-refractivity contribution in [1.29, 1.82) is 0 Å².